The molecule has 19 heavy (non-hydrogen) atoms. The molecule has 0 aliphatic carbocycles. The Balaban J connectivity index is 3.04. The minimum Gasteiger partial charge on any atom is -0.480 e. The molecule has 0 aromatic heterocycles. The van der Waals surface area contributed by atoms with E-state index in [1.54, 1.807) is 19.1 Å². The van der Waals surface area contributed by atoms with Crippen LogP contribution in [0.3, 0.4) is 0 Å². The number of carboxylic acids is 1. The minimum atomic E-state index is -3.84. The lowest BCUT2D eigenvalue weighted by Crippen LogP contribution is -2.44. The molecule has 0 fully saturated rings. The maximum absolute atomic E-state index is 12.1. The standard InChI is InChI=1S/C12H16BrNO4S/c1-3-8(2)11(12(15)16)14-19(17,18)10-6-4-5-9(13)7-10/h4-8,11,14H,3H2,1-2H3,(H,15,16). The van der Waals surface area contributed by atoms with Crippen LogP contribution in [-0.4, -0.2) is 25.5 Å². The average molecular weight is 350 g/mol. The number of benzene rings is 1. The van der Waals surface area contributed by atoms with Gasteiger partial charge in [0.15, 0.2) is 0 Å². The normalized spacial score (nSPS) is 14.9. The molecule has 1 aromatic rings. The highest BCUT2D eigenvalue weighted by atomic mass is 79.9. The van der Waals surface area contributed by atoms with Gasteiger partial charge in [-0.2, -0.15) is 4.72 Å². The van der Waals surface area contributed by atoms with E-state index >= 15 is 0 Å². The van der Waals surface area contributed by atoms with Crippen molar-refractivity contribution in [2.24, 2.45) is 5.92 Å². The molecule has 0 bridgehead atoms. The lowest BCUT2D eigenvalue weighted by molar-refractivity contribution is -0.140. The van der Waals surface area contributed by atoms with Crippen molar-refractivity contribution in [2.75, 3.05) is 0 Å². The Hall–Kier alpha value is -0.920. The number of sulfonamides is 1. The second kappa shape index (κ2) is 6.49. The summed E-state index contributed by atoms with van der Waals surface area (Å²) in [5.41, 5.74) is 0. The molecular formula is C12H16BrNO4S. The van der Waals surface area contributed by atoms with Crippen LogP contribution in [0.25, 0.3) is 0 Å². The minimum absolute atomic E-state index is 0.0384. The van der Waals surface area contributed by atoms with Crippen molar-refractivity contribution >= 4 is 31.9 Å². The van der Waals surface area contributed by atoms with Crippen LogP contribution in [0.5, 0.6) is 0 Å². The van der Waals surface area contributed by atoms with Crippen molar-refractivity contribution in [3.05, 3.63) is 28.7 Å². The molecule has 1 aromatic carbocycles. The number of halogens is 1. The van der Waals surface area contributed by atoms with Crippen molar-refractivity contribution in [3.8, 4) is 0 Å². The summed E-state index contributed by atoms with van der Waals surface area (Å²) in [4.78, 5) is 11.2. The van der Waals surface area contributed by atoms with Crippen LogP contribution in [0.2, 0.25) is 0 Å². The van der Waals surface area contributed by atoms with Crippen molar-refractivity contribution in [3.63, 3.8) is 0 Å². The summed E-state index contributed by atoms with van der Waals surface area (Å²) in [5.74, 6) is -1.47. The zero-order chi connectivity index (χ0) is 14.6. The summed E-state index contributed by atoms with van der Waals surface area (Å²) in [6.07, 6.45) is 0.567. The fourth-order valence-electron chi connectivity index (χ4n) is 1.52. The van der Waals surface area contributed by atoms with E-state index in [1.807, 2.05) is 6.92 Å². The summed E-state index contributed by atoms with van der Waals surface area (Å²) in [7, 11) is -3.84. The van der Waals surface area contributed by atoms with E-state index < -0.39 is 22.0 Å². The molecule has 7 heteroatoms. The number of carbonyl (C=O) groups is 1. The first-order chi connectivity index (χ1) is 8.77. The van der Waals surface area contributed by atoms with E-state index in [0.29, 0.717) is 10.9 Å². The fourth-order valence-corrected chi connectivity index (χ4v) is 3.41. The number of rotatable bonds is 6. The lowest BCUT2D eigenvalue weighted by atomic mass is 10.0. The van der Waals surface area contributed by atoms with E-state index in [-0.39, 0.29) is 10.8 Å². The first-order valence-electron chi connectivity index (χ1n) is 5.78. The third-order valence-corrected chi connectivity index (χ3v) is 4.80. The van der Waals surface area contributed by atoms with Crippen LogP contribution in [0.15, 0.2) is 33.6 Å². The van der Waals surface area contributed by atoms with Crippen LogP contribution in [0.1, 0.15) is 20.3 Å². The first kappa shape index (κ1) is 16.1. The Morgan fingerprint density at radius 1 is 1.47 bits per heavy atom. The van der Waals surface area contributed by atoms with Crippen LogP contribution in [0, 0.1) is 5.92 Å². The molecule has 0 spiro atoms. The highest BCUT2D eigenvalue weighted by molar-refractivity contribution is 9.10. The summed E-state index contributed by atoms with van der Waals surface area (Å²) < 4.78 is 27.1. The second-order valence-corrected chi connectivity index (χ2v) is 6.91. The van der Waals surface area contributed by atoms with Gasteiger partial charge in [0, 0.05) is 4.47 Å². The summed E-state index contributed by atoms with van der Waals surface area (Å²) >= 11 is 3.18. The molecular weight excluding hydrogens is 334 g/mol. The van der Waals surface area contributed by atoms with Crippen LogP contribution < -0.4 is 4.72 Å². The fraction of sp³-hybridized carbons (Fsp3) is 0.417. The average Bonchev–Trinajstić information content (AvgIpc) is 2.35. The number of carboxylic acid groups (broad SMARTS) is 1. The maximum atomic E-state index is 12.1. The lowest BCUT2D eigenvalue weighted by Gasteiger charge is -2.20. The third kappa shape index (κ3) is 4.29. The van der Waals surface area contributed by atoms with Gasteiger partial charge in [-0.15, -0.1) is 0 Å². The van der Waals surface area contributed by atoms with E-state index in [0.717, 1.165) is 0 Å². The van der Waals surface area contributed by atoms with Crippen molar-refractivity contribution in [1.29, 1.82) is 0 Å². The molecule has 0 aliphatic heterocycles. The molecule has 0 amide bonds. The number of nitrogens with one attached hydrogen (secondary N) is 1. The third-order valence-electron chi connectivity index (χ3n) is 2.87. The number of hydrogen-bond donors (Lipinski definition) is 2. The van der Waals surface area contributed by atoms with E-state index in [4.69, 9.17) is 5.11 Å². The number of aliphatic carboxylic acids is 1. The SMILES string of the molecule is CCC(C)C(NS(=O)(=O)c1cccc(Br)c1)C(=O)O. The van der Waals surface area contributed by atoms with Crippen LogP contribution >= 0.6 is 15.9 Å². The van der Waals surface area contributed by atoms with Crippen molar-refractivity contribution in [1.82, 2.24) is 4.72 Å². The van der Waals surface area contributed by atoms with Gasteiger partial charge in [-0.05, 0) is 24.1 Å². The second-order valence-electron chi connectivity index (χ2n) is 4.28. The molecule has 0 saturated carbocycles. The Labute approximate surface area is 121 Å². The van der Waals surface area contributed by atoms with Gasteiger partial charge < -0.3 is 5.11 Å². The monoisotopic (exact) mass is 349 g/mol. The number of hydrogen-bond acceptors (Lipinski definition) is 3. The molecule has 2 unspecified atom stereocenters. The molecule has 0 heterocycles. The highest BCUT2D eigenvalue weighted by Crippen LogP contribution is 2.18. The van der Waals surface area contributed by atoms with E-state index in [1.165, 1.54) is 12.1 Å². The molecule has 106 valence electrons. The Morgan fingerprint density at radius 2 is 2.11 bits per heavy atom. The Kier molecular flexibility index (Phi) is 5.51. The zero-order valence-electron chi connectivity index (χ0n) is 10.6. The van der Waals surface area contributed by atoms with E-state index in [9.17, 15) is 13.2 Å². The molecule has 1 rings (SSSR count). The largest absolute Gasteiger partial charge is 0.480 e. The quantitative estimate of drug-likeness (QED) is 0.824. The molecule has 0 aliphatic rings. The van der Waals surface area contributed by atoms with Gasteiger partial charge in [0.2, 0.25) is 10.0 Å². The van der Waals surface area contributed by atoms with Gasteiger partial charge in [-0.25, -0.2) is 8.42 Å². The van der Waals surface area contributed by atoms with Crippen molar-refractivity contribution < 1.29 is 18.3 Å². The van der Waals surface area contributed by atoms with Gasteiger partial charge in [0.1, 0.15) is 6.04 Å². The topological polar surface area (TPSA) is 83.5 Å². The first-order valence-corrected chi connectivity index (χ1v) is 8.06. The predicted octanol–water partition coefficient (Wildman–Crippen LogP) is 2.23. The predicted molar refractivity (Wildman–Crippen MR) is 75.3 cm³/mol. The molecule has 0 radical (unpaired) electrons. The maximum Gasteiger partial charge on any atom is 0.322 e. The van der Waals surface area contributed by atoms with Crippen LogP contribution in [-0.2, 0) is 14.8 Å². The van der Waals surface area contributed by atoms with E-state index in [2.05, 4.69) is 20.7 Å². The van der Waals surface area contributed by atoms with Gasteiger partial charge in [-0.1, -0.05) is 42.3 Å². The molecule has 2 N–H and O–H groups in total. The summed E-state index contributed by atoms with van der Waals surface area (Å²) in [5, 5.41) is 9.10. The van der Waals surface area contributed by atoms with Gasteiger partial charge in [0.25, 0.3) is 0 Å². The smallest absolute Gasteiger partial charge is 0.322 e. The summed E-state index contributed by atoms with van der Waals surface area (Å²) in [6, 6.07) is 4.99. The Morgan fingerprint density at radius 3 is 2.58 bits per heavy atom. The Bertz CT molecular complexity index is 559. The molecule has 2 atom stereocenters. The van der Waals surface area contributed by atoms with Crippen molar-refractivity contribution in [2.45, 2.75) is 31.2 Å². The van der Waals surface area contributed by atoms with Gasteiger partial charge >= 0.3 is 5.97 Å². The molecule has 0 saturated heterocycles. The zero-order valence-corrected chi connectivity index (χ0v) is 13.0. The van der Waals surface area contributed by atoms with Gasteiger partial charge in [-0.3, -0.25) is 4.79 Å². The molecule has 5 nitrogen and oxygen atoms in total. The summed E-state index contributed by atoms with van der Waals surface area (Å²) in [6.45, 7) is 3.51. The highest BCUT2D eigenvalue weighted by Gasteiger charge is 2.29. The van der Waals surface area contributed by atoms with Gasteiger partial charge in [0.05, 0.1) is 4.90 Å². The van der Waals surface area contributed by atoms with Crippen LogP contribution in [0.4, 0.5) is 0 Å².